The minimum absolute atomic E-state index is 0.110. The first-order chi connectivity index (χ1) is 15.5. The highest BCUT2D eigenvalue weighted by Crippen LogP contribution is 2.38. The summed E-state index contributed by atoms with van der Waals surface area (Å²) < 4.78 is 10.7. The van der Waals surface area contributed by atoms with Gasteiger partial charge in [0, 0.05) is 10.0 Å². The van der Waals surface area contributed by atoms with Crippen LogP contribution in [0.5, 0.6) is 5.75 Å². The van der Waals surface area contributed by atoms with Gasteiger partial charge in [0.15, 0.2) is 6.61 Å². The molecular weight excluding hydrogens is 447 g/mol. The van der Waals surface area contributed by atoms with E-state index in [4.69, 9.17) is 37.7 Å². The van der Waals surface area contributed by atoms with E-state index in [0.29, 0.717) is 28.2 Å². The minimum Gasteiger partial charge on any atom is -0.481 e. The van der Waals surface area contributed by atoms with Crippen molar-refractivity contribution in [3.8, 4) is 5.75 Å². The maximum atomic E-state index is 11.8. The molecule has 0 bridgehead atoms. The number of carbonyl (C=O) groups excluding carboxylic acids is 1. The molecule has 3 aromatic carbocycles. The molecule has 2 atom stereocenters. The molecule has 164 valence electrons. The van der Waals surface area contributed by atoms with Gasteiger partial charge in [0.05, 0.1) is 18.2 Å². The van der Waals surface area contributed by atoms with Crippen LogP contribution in [-0.4, -0.2) is 25.0 Å². The predicted molar refractivity (Wildman–Crippen MR) is 127 cm³/mol. The molecule has 1 heterocycles. The summed E-state index contributed by atoms with van der Waals surface area (Å²) in [5.41, 5.74) is 2.85. The Balaban J connectivity index is 1.67. The summed E-state index contributed by atoms with van der Waals surface area (Å²) in [7, 11) is 0. The van der Waals surface area contributed by atoms with E-state index in [0.717, 1.165) is 16.7 Å². The van der Waals surface area contributed by atoms with E-state index in [1.54, 1.807) is 6.92 Å². The molecule has 2 unspecified atom stereocenters. The number of nitrogens with one attached hydrogen (secondary N) is 1. The summed E-state index contributed by atoms with van der Waals surface area (Å²) in [4.78, 5) is 16.8. The number of carbonyl (C=O) groups is 1. The normalized spacial score (nSPS) is 17.4. The zero-order valence-electron chi connectivity index (χ0n) is 17.4. The van der Waals surface area contributed by atoms with Gasteiger partial charge >= 0.3 is 5.97 Å². The highest BCUT2D eigenvalue weighted by Gasteiger charge is 2.32. The Bertz CT molecular complexity index is 1110. The number of aliphatic imine (C=N–C) groups is 1. The molecule has 3 aromatic rings. The van der Waals surface area contributed by atoms with Gasteiger partial charge in [0.25, 0.3) is 0 Å². The van der Waals surface area contributed by atoms with Crippen molar-refractivity contribution in [2.45, 2.75) is 19.0 Å². The SMILES string of the molecule is CCOC(=O)COc1ccccc1C1=NC(c2ccc(Cl)cc2)C(c2ccc(Cl)cc2)N1. The molecule has 7 heteroatoms. The summed E-state index contributed by atoms with van der Waals surface area (Å²) in [5, 5.41) is 4.88. The molecule has 0 fully saturated rings. The fraction of sp³-hybridized carbons (Fsp3) is 0.200. The third-order valence-corrected chi connectivity index (χ3v) is 5.61. The lowest BCUT2D eigenvalue weighted by atomic mass is 9.95. The lowest BCUT2D eigenvalue weighted by molar-refractivity contribution is -0.145. The molecule has 0 amide bonds. The van der Waals surface area contributed by atoms with Crippen molar-refractivity contribution in [3.63, 3.8) is 0 Å². The second kappa shape index (κ2) is 10.1. The third kappa shape index (κ3) is 5.06. The maximum Gasteiger partial charge on any atom is 0.344 e. The van der Waals surface area contributed by atoms with Crippen LogP contribution >= 0.6 is 23.2 Å². The van der Waals surface area contributed by atoms with Gasteiger partial charge < -0.3 is 14.8 Å². The average molecular weight is 469 g/mol. The Morgan fingerprint density at radius 2 is 1.56 bits per heavy atom. The van der Waals surface area contributed by atoms with Crippen LogP contribution in [-0.2, 0) is 9.53 Å². The quantitative estimate of drug-likeness (QED) is 0.447. The number of nitrogens with zero attached hydrogens (tertiary/aromatic N) is 1. The van der Waals surface area contributed by atoms with Gasteiger partial charge in [-0.25, -0.2) is 4.79 Å². The number of hydrogen-bond donors (Lipinski definition) is 1. The molecule has 0 aliphatic carbocycles. The summed E-state index contributed by atoms with van der Waals surface area (Å²) >= 11 is 12.2. The molecule has 1 aliphatic rings. The van der Waals surface area contributed by atoms with Gasteiger partial charge in [0.1, 0.15) is 17.6 Å². The van der Waals surface area contributed by atoms with Gasteiger partial charge in [-0.05, 0) is 54.4 Å². The number of hydrogen-bond acceptors (Lipinski definition) is 5. The van der Waals surface area contributed by atoms with E-state index in [1.165, 1.54) is 0 Å². The number of benzene rings is 3. The molecule has 0 saturated heterocycles. The predicted octanol–water partition coefficient (Wildman–Crippen LogP) is 5.77. The number of para-hydroxylation sites is 1. The second-order valence-corrected chi connectivity index (χ2v) is 8.11. The van der Waals surface area contributed by atoms with Gasteiger partial charge in [-0.15, -0.1) is 0 Å². The highest BCUT2D eigenvalue weighted by molar-refractivity contribution is 6.30. The van der Waals surface area contributed by atoms with E-state index < -0.39 is 5.97 Å². The number of ether oxygens (including phenoxy) is 2. The van der Waals surface area contributed by atoms with Gasteiger partial charge in [-0.3, -0.25) is 4.99 Å². The first-order valence-electron chi connectivity index (χ1n) is 10.3. The van der Waals surface area contributed by atoms with E-state index in [-0.39, 0.29) is 18.7 Å². The number of esters is 1. The Morgan fingerprint density at radius 1 is 0.938 bits per heavy atom. The maximum absolute atomic E-state index is 11.8. The van der Waals surface area contributed by atoms with Crippen LogP contribution in [0.2, 0.25) is 10.0 Å². The largest absolute Gasteiger partial charge is 0.481 e. The molecule has 1 N–H and O–H groups in total. The van der Waals surface area contributed by atoms with Crippen LogP contribution in [0.15, 0.2) is 77.8 Å². The van der Waals surface area contributed by atoms with Crippen LogP contribution in [0.25, 0.3) is 0 Å². The average Bonchev–Trinajstić information content (AvgIpc) is 3.24. The third-order valence-electron chi connectivity index (χ3n) is 5.11. The van der Waals surface area contributed by atoms with Crippen molar-refractivity contribution in [2.75, 3.05) is 13.2 Å². The lowest BCUT2D eigenvalue weighted by Gasteiger charge is -2.20. The van der Waals surface area contributed by atoms with Crippen molar-refractivity contribution in [2.24, 2.45) is 4.99 Å². The first-order valence-corrected chi connectivity index (χ1v) is 11.0. The van der Waals surface area contributed by atoms with Gasteiger partial charge in [-0.1, -0.05) is 59.6 Å². The van der Waals surface area contributed by atoms with E-state index in [1.807, 2.05) is 72.8 Å². The topological polar surface area (TPSA) is 59.9 Å². The summed E-state index contributed by atoms with van der Waals surface area (Å²) in [6.07, 6.45) is 0. The highest BCUT2D eigenvalue weighted by atomic mass is 35.5. The monoisotopic (exact) mass is 468 g/mol. The van der Waals surface area contributed by atoms with Crippen LogP contribution < -0.4 is 10.1 Å². The molecular formula is C25H22Cl2N2O3. The van der Waals surface area contributed by atoms with Gasteiger partial charge in [0.2, 0.25) is 0 Å². The Labute approximate surface area is 197 Å². The number of rotatable bonds is 7. The Hall–Kier alpha value is -3.02. The first kappa shape index (κ1) is 22.2. The zero-order chi connectivity index (χ0) is 22.5. The smallest absolute Gasteiger partial charge is 0.344 e. The molecule has 0 saturated carbocycles. The van der Waals surface area contributed by atoms with Crippen molar-refractivity contribution < 1.29 is 14.3 Å². The van der Waals surface area contributed by atoms with E-state index in [9.17, 15) is 4.79 Å². The Kier molecular flexibility index (Phi) is 6.98. The molecule has 0 spiro atoms. The van der Waals surface area contributed by atoms with E-state index in [2.05, 4.69) is 5.32 Å². The van der Waals surface area contributed by atoms with Crippen LogP contribution in [0.3, 0.4) is 0 Å². The molecule has 4 rings (SSSR count). The molecule has 0 aromatic heterocycles. The fourth-order valence-electron chi connectivity index (χ4n) is 3.61. The number of amidine groups is 1. The van der Waals surface area contributed by atoms with Crippen molar-refractivity contribution in [1.29, 1.82) is 0 Å². The van der Waals surface area contributed by atoms with Gasteiger partial charge in [-0.2, -0.15) is 0 Å². The summed E-state index contributed by atoms with van der Waals surface area (Å²) in [6.45, 7) is 1.90. The molecule has 32 heavy (non-hydrogen) atoms. The Morgan fingerprint density at radius 3 is 2.22 bits per heavy atom. The standard InChI is InChI=1S/C25H22Cl2N2O3/c1-2-31-22(30)15-32-21-6-4-3-5-20(21)25-28-23(16-7-11-18(26)12-8-16)24(29-25)17-9-13-19(27)14-10-17/h3-14,23-24H,2,15H2,1H3,(H,28,29). The number of halogens is 2. The second-order valence-electron chi connectivity index (χ2n) is 7.24. The van der Waals surface area contributed by atoms with Crippen molar-refractivity contribution in [3.05, 3.63) is 99.5 Å². The molecule has 5 nitrogen and oxygen atoms in total. The molecule has 1 aliphatic heterocycles. The summed E-state index contributed by atoms with van der Waals surface area (Å²) in [6, 6.07) is 22.6. The van der Waals surface area contributed by atoms with Crippen molar-refractivity contribution in [1.82, 2.24) is 5.32 Å². The van der Waals surface area contributed by atoms with Crippen LogP contribution in [0, 0.1) is 0 Å². The summed E-state index contributed by atoms with van der Waals surface area (Å²) in [5.74, 6) is 0.824. The van der Waals surface area contributed by atoms with Crippen LogP contribution in [0.4, 0.5) is 0 Å². The van der Waals surface area contributed by atoms with Crippen molar-refractivity contribution >= 4 is 35.0 Å². The fourth-order valence-corrected chi connectivity index (χ4v) is 3.87. The van der Waals surface area contributed by atoms with E-state index >= 15 is 0 Å². The van der Waals surface area contributed by atoms with Crippen LogP contribution in [0.1, 0.15) is 35.7 Å². The minimum atomic E-state index is -0.415. The molecule has 0 radical (unpaired) electrons. The zero-order valence-corrected chi connectivity index (χ0v) is 18.9. The lowest BCUT2D eigenvalue weighted by Crippen LogP contribution is -2.26.